The van der Waals surface area contributed by atoms with Gasteiger partial charge in [-0.05, 0) is 137 Å². The third-order valence-electron chi connectivity index (χ3n) is 14.8. The largest absolute Gasteiger partial charge is 0.507 e. The van der Waals surface area contributed by atoms with E-state index in [9.17, 15) is 24.9 Å². The fourth-order valence-electron chi connectivity index (χ4n) is 10.0. The van der Waals surface area contributed by atoms with Gasteiger partial charge in [0.2, 0.25) is 5.91 Å². The molecule has 0 saturated carbocycles. The lowest BCUT2D eigenvalue weighted by molar-refractivity contribution is -0.138. The Morgan fingerprint density at radius 2 is 0.841 bits per heavy atom. The molecule has 16 nitrogen and oxygen atoms in total. The van der Waals surface area contributed by atoms with Crippen molar-refractivity contribution in [1.82, 2.24) is 30.0 Å². The second-order valence-corrected chi connectivity index (χ2v) is 25.8. The number of carboxylic acid groups (broad SMARTS) is 1. The maximum Gasteiger partial charge on any atom is 0.325 e. The van der Waals surface area contributed by atoms with Gasteiger partial charge in [-0.1, -0.05) is 142 Å². The molecule has 82 heavy (non-hydrogen) atoms. The van der Waals surface area contributed by atoms with E-state index in [1.54, 1.807) is 60.9 Å². The molecule has 0 spiro atoms. The van der Waals surface area contributed by atoms with E-state index < -0.39 is 5.97 Å². The molecule has 0 aliphatic heterocycles. The first-order valence-corrected chi connectivity index (χ1v) is 27.7. The standard InChI is InChI=1S/C66H76N8O8/c1-63(2,3)47-25-39-21-43-29-49(65(7,8)9)30-44(61(43)80-37-53-33-73(71-69-53)35-57(75)68-52-15-19-56(20-16-52)82-55-17-13-51(67)14-18-55)22-40-26-48(64(4,5)6)28-42(60(40)79)24-46-32-50(66(10,11)12)31-45(23-41(27-47)59(39)78)62(46)81-38-54-34-74(72-70-54)36-58(76)77/h13-20,25-34,78-79H,21-24,35-38,67H2,1-12H3,(H,68,75)(H,76,77). The molecule has 0 fully saturated rings. The van der Waals surface area contributed by atoms with E-state index in [1.807, 2.05) is 0 Å². The highest BCUT2D eigenvalue weighted by atomic mass is 16.5. The summed E-state index contributed by atoms with van der Waals surface area (Å²) in [7, 11) is 0. The Bertz CT molecular complexity index is 3550. The Morgan fingerprint density at radius 1 is 0.512 bits per heavy atom. The summed E-state index contributed by atoms with van der Waals surface area (Å²) in [5.41, 5.74) is 17.1. The van der Waals surface area contributed by atoms with Crippen molar-refractivity contribution >= 4 is 23.3 Å². The maximum absolute atomic E-state index is 13.4. The van der Waals surface area contributed by atoms with Gasteiger partial charge in [-0.3, -0.25) is 9.59 Å². The zero-order chi connectivity index (χ0) is 59.1. The zero-order valence-corrected chi connectivity index (χ0v) is 49.2. The first-order valence-electron chi connectivity index (χ1n) is 27.7. The van der Waals surface area contributed by atoms with E-state index in [0.29, 0.717) is 68.0 Å². The third-order valence-corrected chi connectivity index (χ3v) is 14.8. The SMILES string of the molecule is CC(C)(C)c1cc2c(O)c(c1)Cc1cc(C(C)(C)C)cc(c1OCc1cn(CC(=O)Nc3ccc(Oc4ccc(N)cc4)cc3)nn1)Cc1cc(C(C)(C)C)cc(c1O)Cc1cc(C(C)(C)C)cc(c1OCc1cn(CC(=O)O)nn1)C2. The Hall–Kier alpha value is -8.66. The molecule has 8 aromatic rings. The number of carbonyl (C=O) groups excluding carboxylic acids is 1. The van der Waals surface area contributed by atoms with Crippen LogP contribution in [0, 0.1) is 0 Å². The molecule has 9 rings (SSSR count). The van der Waals surface area contributed by atoms with Crippen LogP contribution in [-0.4, -0.2) is 57.2 Å². The molecule has 8 bridgehead atoms. The maximum atomic E-state index is 13.4. The normalized spacial score (nSPS) is 12.9. The van der Waals surface area contributed by atoms with Crippen molar-refractivity contribution in [2.75, 3.05) is 11.1 Å². The van der Waals surface area contributed by atoms with Gasteiger partial charge in [0.1, 0.15) is 72.2 Å². The number of nitrogen functional groups attached to an aromatic ring is 1. The van der Waals surface area contributed by atoms with Crippen molar-refractivity contribution in [3.8, 4) is 34.5 Å². The summed E-state index contributed by atoms with van der Waals surface area (Å²) in [5, 5.41) is 55.0. The Morgan fingerprint density at radius 3 is 1.18 bits per heavy atom. The van der Waals surface area contributed by atoms with Crippen LogP contribution in [0.1, 0.15) is 161 Å². The number of aliphatic carboxylic acids is 1. The summed E-state index contributed by atoms with van der Waals surface area (Å²) in [4.78, 5) is 24.9. The van der Waals surface area contributed by atoms with E-state index in [0.717, 1.165) is 44.5 Å². The minimum atomic E-state index is -1.04. The number of carbonyl (C=O) groups is 2. The number of phenols is 2. The summed E-state index contributed by atoms with van der Waals surface area (Å²) in [5.74, 6) is 1.39. The number of phenolic OH excluding ortho intramolecular Hbond substituents is 2. The number of benzene rings is 6. The summed E-state index contributed by atoms with van der Waals surface area (Å²) in [6.45, 7) is 25.5. The molecule has 2 heterocycles. The molecule has 428 valence electrons. The summed E-state index contributed by atoms with van der Waals surface area (Å²) in [6, 6.07) is 31.2. The van der Waals surface area contributed by atoms with Gasteiger partial charge < -0.3 is 40.6 Å². The highest BCUT2D eigenvalue weighted by Gasteiger charge is 2.29. The Balaban J connectivity index is 1.12. The van der Waals surface area contributed by atoms with Gasteiger partial charge in [0.15, 0.2) is 0 Å². The molecule has 1 amide bonds. The van der Waals surface area contributed by atoms with Crippen LogP contribution in [0.15, 0.2) is 109 Å². The van der Waals surface area contributed by atoms with E-state index in [4.69, 9.17) is 19.9 Å². The molecule has 6 N–H and O–H groups in total. The zero-order valence-electron chi connectivity index (χ0n) is 49.2. The van der Waals surface area contributed by atoms with Crippen molar-refractivity contribution in [2.24, 2.45) is 0 Å². The number of nitrogens with zero attached hydrogens (tertiary/aromatic N) is 6. The number of aromatic nitrogens is 6. The van der Waals surface area contributed by atoms with Crippen molar-refractivity contribution in [3.63, 3.8) is 0 Å². The van der Waals surface area contributed by atoms with Crippen LogP contribution in [0.5, 0.6) is 34.5 Å². The predicted octanol–water partition coefficient (Wildman–Crippen LogP) is 12.4. The highest BCUT2D eigenvalue weighted by Crippen LogP contribution is 2.44. The van der Waals surface area contributed by atoms with Gasteiger partial charge in [-0.25, -0.2) is 9.36 Å². The molecular weight excluding hydrogens is 1030 g/mol. The van der Waals surface area contributed by atoms with Gasteiger partial charge in [0.25, 0.3) is 0 Å². The second-order valence-electron chi connectivity index (χ2n) is 25.8. The first kappa shape index (κ1) is 58.0. The Labute approximate surface area is 480 Å². The number of nitrogens with two attached hydrogens (primary N) is 1. The highest BCUT2D eigenvalue weighted by molar-refractivity contribution is 5.90. The molecule has 0 unspecified atom stereocenters. The average Bonchev–Trinajstić information content (AvgIpc) is 3.95. The van der Waals surface area contributed by atoms with Crippen molar-refractivity contribution in [2.45, 2.75) is 157 Å². The lowest BCUT2D eigenvalue weighted by atomic mass is 9.79. The number of ether oxygens (including phenoxy) is 3. The van der Waals surface area contributed by atoms with Crippen LogP contribution < -0.4 is 25.3 Å². The number of carboxylic acids is 1. The molecule has 16 heteroatoms. The molecule has 6 aromatic carbocycles. The molecule has 0 atom stereocenters. The van der Waals surface area contributed by atoms with Crippen LogP contribution in [0.4, 0.5) is 11.4 Å². The molecule has 0 saturated heterocycles. The number of anilines is 2. The third kappa shape index (κ3) is 13.9. The number of nitrogens with one attached hydrogen (secondary N) is 1. The van der Waals surface area contributed by atoms with E-state index >= 15 is 0 Å². The van der Waals surface area contributed by atoms with Gasteiger partial charge >= 0.3 is 5.97 Å². The van der Waals surface area contributed by atoms with Gasteiger partial charge in [-0.15, -0.1) is 10.2 Å². The number of hydrogen-bond acceptors (Lipinski definition) is 12. The Kier molecular flexibility index (Phi) is 16.1. The van der Waals surface area contributed by atoms with Gasteiger partial charge in [0.05, 0.1) is 12.4 Å². The van der Waals surface area contributed by atoms with Crippen molar-refractivity contribution in [3.05, 3.63) is 188 Å². The minimum absolute atomic E-state index is 0.00781. The average molecular weight is 1110 g/mol. The van der Waals surface area contributed by atoms with Crippen LogP contribution >= 0.6 is 0 Å². The monoisotopic (exact) mass is 1110 g/mol. The van der Waals surface area contributed by atoms with Gasteiger partial charge in [-0.2, -0.15) is 0 Å². The van der Waals surface area contributed by atoms with E-state index in [-0.39, 0.29) is 91.1 Å². The lowest BCUT2D eigenvalue weighted by Gasteiger charge is -2.28. The lowest BCUT2D eigenvalue weighted by Crippen LogP contribution is -2.19. The van der Waals surface area contributed by atoms with Crippen molar-refractivity contribution in [1.29, 1.82) is 0 Å². The quantitative estimate of drug-likeness (QED) is 0.0679. The number of hydrogen-bond donors (Lipinski definition) is 5. The number of rotatable bonds is 13. The van der Waals surface area contributed by atoms with E-state index in [1.165, 1.54) is 9.36 Å². The summed E-state index contributed by atoms with van der Waals surface area (Å²) in [6.07, 6.45) is 4.42. The first-order chi connectivity index (χ1) is 38.5. The predicted molar refractivity (Wildman–Crippen MR) is 317 cm³/mol. The van der Waals surface area contributed by atoms with E-state index in [2.05, 4.69) is 158 Å². The fraction of sp³-hybridized carbons (Fsp3) is 0.364. The fourth-order valence-corrected chi connectivity index (χ4v) is 10.0. The number of amides is 1. The topological polar surface area (TPSA) is 222 Å². The molecule has 0 radical (unpaired) electrons. The summed E-state index contributed by atoms with van der Waals surface area (Å²) < 4.78 is 22.5. The summed E-state index contributed by atoms with van der Waals surface area (Å²) >= 11 is 0. The molecule has 1 aliphatic carbocycles. The van der Waals surface area contributed by atoms with Gasteiger partial charge in [0, 0.05) is 37.1 Å². The molecule has 2 aromatic heterocycles. The molecular formula is C66H76N8O8. The molecule has 1 aliphatic rings. The smallest absolute Gasteiger partial charge is 0.325 e. The van der Waals surface area contributed by atoms with Crippen LogP contribution in [0.2, 0.25) is 0 Å². The van der Waals surface area contributed by atoms with Crippen LogP contribution in [-0.2, 0) is 83.2 Å². The second kappa shape index (κ2) is 22.7. The van der Waals surface area contributed by atoms with Crippen LogP contribution in [0.25, 0.3) is 0 Å². The number of fused-ring (bicyclic) bond motifs is 8. The minimum Gasteiger partial charge on any atom is -0.507 e. The number of aromatic hydroxyl groups is 2. The van der Waals surface area contributed by atoms with Crippen molar-refractivity contribution < 1.29 is 39.1 Å². The van der Waals surface area contributed by atoms with Crippen LogP contribution in [0.3, 0.4) is 0 Å².